The SMILES string of the molecule is CCOC(=O)C(C)(C)c1ccc(-c2ccc(-c3onc(C)c3Cc3cccc(-c4ccccc4)n3)cc2)cc1. The lowest BCUT2D eigenvalue weighted by atomic mass is 9.84. The zero-order valence-electron chi connectivity index (χ0n) is 22.8. The summed E-state index contributed by atoms with van der Waals surface area (Å²) < 4.78 is 11.0. The Morgan fingerprint density at radius 2 is 1.44 bits per heavy atom. The Balaban J connectivity index is 1.36. The molecule has 2 aromatic heterocycles. The largest absolute Gasteiger partial charge is 0.465 e. The van der Waals surface area contributed by atoms with Crippen molar-refractivity contribution in [2.75, 3.05) is 6.61 Å². The highest BCUT2D eigenvalue weighted by Gasteiger charge is 2.31. The molecule has 3 aromatic carbocycles. The van der Waals surface area contributed by atoms with Gasteiger partial charge in [0, 0.05) is 28.8 Å². The number of ether oxygens (including phenoxy) is 1. The number of benzene rings is 3. The van der Waals surface area contributed by atoms with Crippen LogP contribution in [0.25, 0.3) is 33.7 Å². The fourth-order valence-corrected chi connectivity index (χ4v) is 4.68. The zero-order chi connectivity index (χ0) is 27.4. The second kappa shape index (κ2) is 11.1. The van der Waals surface area contributed by atoms with Gasteiger partial charge in [-0.15, -0.1) is 0 Å². The van der Waals surface area contributed by atoms with Crippen LogP contribution in [0.1, 0.15) is 43.3 Å². The molecule has 5 rings (SSSR count). The van der Waals surface area contributed by atoms with E-state index < -0.39 is 5.41 Å². The van der Waals surface area contributed by atoms with Crippen LogP contribution in [0.5, 0.6) is 0 Å². The van der Waals surface area contributed by atoms with E-state index in [0.717, 1.165) is 56.2 Å². The number of carbonyl (C=O) groups excluding carboxylic acids is 1. The Labute approximate surface area is 229 Å². The molecular formula is C34H32N2O3. The van der Waals surface area contributed by atoms with Crippen LogP contribution in [0, 0.1) is 6.92 Å². The molecule has 0 bridgehead atoms. The summed E-state index contributed by atoms with van der Waals surface area (Å²) >= 11 is 0. The summed E-state index contributed by atoms with van der Waals surface area (Å²) in [6, 6.07) is 32.7. The average molecular weight is 517 g/mol. The number of hydrogen-bond acceptors (Lipinski definition) is 5. The van der Waals surface area contributed by atoms with Crippen molar-refractivity contribution in [3.05, 3.63) is 120 Å². The van der Waals surface area contributed by atoms with Gasteiger partial charge in [-0.1, -0.05) is 90.1 Å². The Morgan fingerprint density at radius 1 is 0.795 bits per heavy atom. The van der Waals surface area contributed by atoms with E-state index in [4.69, 9.17) is 14.2 Å². The molecule has 0 radical (unpaired) electrons. The van der Waals surface area contributed by atoms with Crippen molar-refractivity contribution >= 4 is 5.97 Å². The van der Waals surface area contributed by atoms with E-state index in [1.165, 1.54) is 0 Å². The van der Waals surface area contributed by atoms with E-state index in [9.17, 15) is 4.79 Å². The third kappa shape index (κ3) is 5.53. The Morgan fingerprint density at radius 3 is 2.10 bits per heavy atom. The van der Waals surface area contributed by atoms with Crippen LogP contribution in [0.15, 0.2) is 102 Å². The van der Waals surface area contributed by atoms with Crippen LogP contribution in [-0.4, -0.2) is 22.7 Å². The monoisotopic (exact) mass is 516 g/mol. The van der Waals surface area contributed by atoms with Crippen molar-refractivity contribution in [2.24, 2.45) is 0 Å². The first-order chi connectivity index (χ1) is 18.9. The predicted molar refractivity (Wildman–Crippen MR) is 154 cm³/mol. The minimum atomic E-state index is -0.700. The van der Waals surface area contributed by atoms with Crippen molar-refractivity contribution in [2.45, 2.75) is 39.5 Å². The van der Waals surface area contributed by atoms with Gasteiger partial charge in [-0.3, -0.25) is 9.78 Å². The molecule has 0 spiro atoms. The fraction of sp³-hybridized carbons (Fsp3) is 0.206. The molecule has 196 valence electrons. The van der Waals surface area contributed by atoms with Crippen LogP contribution in [-0.2, 0) is 21.4 Å². The highest BCUT2D eigenvalue weighted by atomic mass is 16.5. The van der Waals surface area contributed by atoms with E-state index in [0.29, 0.717) is 13.0 Å². The number of nitrogens with zero attached hydrogens (tertiary/aromatic N) is 2. The minimum absolute atomic E-state index is 0.220. The summed E-state index contributed by atoms with van der Waals surface area (Å²) in [5.74, 6) is 0.541. The average Bonchev–Trinajstić information content (AvgIpc) is 3.33. The van der Waals surface area contributed by atoms with Crippen molar-refractivity contribution in [1.82, 2.24) is 10.1 Å². The maximum absolute atomic E-state index is 12.4. The summed E-state index contributed by atoms with van der Waals surface area (Å²) in [6.07, 6.45) is 0.630. The number of hydrogen-bond donors (Lipinski definition) is 0. The summed E-state index contributed by atoms with van der Waals surface area (Å²) in [5.41, 5.74) is 8.24. The van der Waals surface area contributed by atoms with Gasteiger partial charge in [-0.05, 0) is 56.5 Å². The summed E-state index contributed by atoms with van der Waals surface area (Å²) in [5, 5.41) is 4.27. The second-order valence-electron chi connectivity index (χ2n) is 10.1. The first-order valence-electron chi connectivity index (χ1n) is 13.2. The van der Waals surface area contributed by atoms with E-state index in [-0.39, 0.29) is 5.97 Å². The van der Waals surface area contributed by atoms with Gasteiger partial charge in [-0.25, -0.2) is 0 Å². The van der Waals surface area contributed by atoms with Gasteiger partial charge in [0.25, 0.3) is 0 Å². The Bertz CT molecular complexity index is 1570. The van der Waals surface area contributed by atoms with Crippen LogP contribution in [0.2, 0.25) is 0 Å². The van der Waals surface area contributed by atoms with Gasteiger partial charge in [0.2, 0.25) is 0 Å². The number of rotatable bonds is 8. The Hall–Kier alpha value is -4.51. The number of aromatic nitrogens is 2. The number of pyridine rings is 1. The minimum Gasteiger partial charge on any atom is -0.465 e. The smallest absolute Gasteiger partial charge is 0.315 e. The molecule has 0 amide bonds. The van der Waals surface area contributed by atoms with Crippen molar-refractivity contribution in [3.8, 4) is 33.7 Å². The first-order valence-corrected chi connectivity index (χ1v) is 13.2. The van der Waals surface area contributed by atoms with E-state index in [2.05, 4.69) is 41.6 Å². The molecule has 0 N–H and O–H groups in total. The number of esters is 1. The molecule has 5 nitrogen and oxygen atoms in total. The van der Waals surface area contributed by atoms with Crippen molar-refractivity contribution in [3.63, 3.8) is 0 Å². The predicted octanol–water partition coefficient (Wildman–Crippen LogP) is 7.81. The van der Waals surface area contributed by atoms with E-state index in [1.54, 1.807) is 0 Å². The topological polar surface area (TPSA) is 65.2 Å². The van der Waals surface area contributed by atoms with Gasteiger partial charge in [0.1, 0.15) is 0 Å². The highest BCUT2D eigenvalue weighted by molar-refractivity contribution is 5.82. The van der Waals surface area contributed by atoms with Crippen molar-refractivity contribution < 1.29 is 14.1 Å². The van der Waals surface area contributed by atoms with Crippen LogP contribution >= 0.6 is 0 Å². The highest BCUT2D eigenvalue weighted by Crippen LogP contribution is 2.32. The quantitative estimate of drug-likeness (QED) is 0.197. The molecule has 0 saturated heterocycles. The Kier molecular flexibility index (Phi) is 7.42. The molecule has 0 unspecified atom stereocenters. The third-order valence-electron chi connectivity index (χ3n) is 7.09. The lowest BCUT2D eigenvalue weighted by Gasteiger charge is -2.23. The molecule has 2 heterocycles. The molecule has 39 heavy (non-hydrogen) atoms. The van der Waals surface area contributed by atoms with Crippen LogP contribution in [0.3, 0.4) is 0 Å². The number of carbonyl (C=O) groups is 1. The van der Waals surface area contributed by atoms with Crippen LogP contribution in [0.4, 0.5) is 0 Å². The van der Waals surface area contributed by atoms with Gasteiger partial charge in [0.05, 0.1) is 23.4 Å². The molecule has 5 heteroatoms. The van der Waals surface area contributed by atoms with Crippen molar-refractivity contribution in [1.29, 1.82) is 0 Å². The molecule has 0 aliphatic heterocycles. The van der Waals surface area contributed by atoms with Gasteiger partial charge in [-0.2, -0.15) is 0 Å². The summed E-state index contributed by atoms with van der Waals surface area (Å²) in [7, 11) is 0. The summed E-state index contributed by atoms with van der Waals surface area (Å²) in [4.78, 5) is 17.3. The third-order valence-corrected chi connectivity index (χ3v) is 7.09. The van der Waals surface area contributed by atoms with Gasteiger partial charge >= 0.3 is 5.97 Å². The maximum atomic E-state index is 12.4. The second-order valence-corrected chi connectivity index (χ2v) is 10.1. The maximum Gasteiger partial charge on any atom is 0.315 e. The number of aryl methyl sites for hydroxylation is 1. The van der Waals surface area contributed by atoms with E-state index in [1.807, 2.05) is 88.4 Å². The molecule has 0 fully saturated rings. The molecular weight excluding hydrogens is 484 g/mol. The first kappa shape index (κ1) is 26.1. The lowest BCUT2D eigenvalue weighted by molar-refractivity contribution is -0.148. The van der Waals surface area contributed by atoms with Gasteiger partial charge < -0.3 is 9.26 Å². The molecule has 5 aromatic rings. The standard InChI is InChI=1S/C34H32N2O3/c1-5-38-33(37)34(3,4)28-20-18-25(19-21-28)24-14-16-27(17-15-24)32-30(23(2)36-39-32)22-29-12-9-13-31(35-29)26-10-7-6-8-11-26/h6-21H,5,22H2,1-4H3. The van der Waals surface area contributed by atoms with Gasteiger partial charge in [0.15, 0.2) is 5.76 Å². The molecule has 0 atom stereocenters. The molecule has 0 saturated carbocycles. The summed E-state index contributed by atoms with van der Waals surface area (Å²) in [6.45, 7) is 7.94. The van der Waals surface area contributed by atoms with E-state index >= 15 is 0 Å². The fourth-order valence-electron chi connectivity index (χ4n) is 4.68. The zero-order valence-corrected chi connectivity index (χ0v) is 22.8. The molecule has 0 aliphatic rings. The lowest BCUT2D eigenvalue weighted by Crippen LogP contribution is -2.31. The van der Waals surface area contributed by atoms with Crippen LogP contribution < -0.4 is 0 Å². The molecule has 0 aliphatic carbocycles. The normalized spacial score (nSPS) is 11.4.